The Morgan fingerprint density at radius 2 is 1.93 bits per heavy atom. The number of nitrogens with zero attached hydrogens (tertiary/aromatic N) is 1. The van der Waals surface area contributed by atoms with Crippen LogP contribution in [0.2, 0.25) is 0 Å². The lowest BCUT2D eigenvalue weighted by Gasteiger charge is -2.25. The van der Waals surface area contributed by atoms with Gasteiger partial charge in [-0.25, -0.2) is 0 Å². The van der Waals surface area contributed by atoms with Crippen molar-refractivity contribution in [2.45, 2.75) is 19.3 Å². The number of hydrogen-bond donors (Lipinski definition) is 0. The first-order chi connectivity index (χ1) is 7.27. The molecule has 0 spiro atoms. The van der Waals surface area contributed by atoms with Crippen LogP contribution >= 0.6 is 0 Å². The maximum Gasteiger partial charge on any atom is 0.0163 e. The summed E-state index contributed by atoms with van der Waals surface area (Å²) in [6, 6.07) is 10.8. The highest BCUT2D eigenvalue weighted by Crippen LogP contribution is 2.27. The van der Waals surface area contributed by atoms with Crippen LogP contribution < -0.4 is 0 Å². The van der Waals surface area contributed by atoms with Gasteiger partial charge in [0.25, 0.3) is 0 Å². The van der Waals surface area contributed by atoms with E-state index in [9.17, 15) is 0 Å². The van der Waals surface area contributed by atoms with Crippen LogP contribution in [0, 0.1) is 0 Å². The molecule has 0 bridgehead atoms. The molecule has 0 radical (unpaired) electrons. The zero-order valence-corrected chi connectivity index (χ0v) is 9.61. The van der Waals surface area contributed by atoms with Gasteiger partial charge >= 0.3 is 0 Å². The van der Waals surface area contributed by atoms with E-state index in [0.717, 1.165) is 6.54 Å². The number of likely N-dealkylation sites (N-methyl/N-ethyl adjacent to an activating group) is 1. The second kappa shape index (κ2) is 4.63. The molecule has 1 aromatic rings. The van der Waals surface area contributed by atoms with E-state index in [1.54, 1.807) is 5.57 Å². The van der Waals surface area contributed by atoms with Crippen molar-refractivity contribution >= 4 is 0 Å². The highest BCUT2D eigenvalue weighted by molar-refractivity contribution is 5.29. The highest BCUT2D eigenvalue weighted by Gasteiger charge is 2.14. The van der Waals surface area contributed by atoms with E-state index in [0.29, 0.717) is 5.92 Å². The Morgan fingerprint density at radius 1 is 1.20 bits per heavy atom. The lowest BCUT2D eigenvalue weighted by Crippen LogP contribution is -2.25. The number of hydrogen-bond acceptors (Lipinski definition) is 1. The molecule has 15 heavy (non-hydrogen) atoms. The maximum absolute atomic E-state index is 2.39. The van der Waals surface area contributed by atoms with Crippen molar-refractivity contribution in [3.63, 3.8) is 0 Å². The van der Waals surface area contributed by atoms with Crippen LogP contribution in [0.25, 0.3) is 0 Å². The molecular weight excluding hydrogens is 182 g/mol. The first-order valence-electron chi connectivity index (χ1n) is 5.70. The molecule has 0 N–H and O–H groups in total. The average Bonchev–Trinajstić information content (AvgIpc) is 2.30. The van der Waals surface area contributed by atoms with Crippen LogP contribution in [0.15, 0.2) is 42.0 Å². The summed E-state index contributed by atoms with van der Waals surface area (Å²) in [6.45, 7) is 4.61. The highest BCUT2D eigenvalue weighted by atomic mass is 15.1. The minimum atomic E-state index is 0.583. The van der Waals surface area contributed by atoms with Crippen LogP contribution in [0.1, 0.15) is 24.8 Å². The molecule has 1 atom stereocenters. The number of benzene rings is 1. The van der Waals surface area contributed by atoms with Crippen molar-refractivity contribution < 1.29 is 0 Å². The fraction of sp³-hybridized carbons (Fsp3) is 0.429. The monoisotopic (exact) mass is 201 g/mol. The van der Waals surface area contributed by atoms with Crippen molar-refractivity contribution in [2.75, 3.05) is 20.1 Å². The summed E-state index contributed by atoms with van der Waals surface area (Å²) in [5.74, 6) is 0.583. The quantitative estimate of drug-likeness (QED) is 0.665. The Labute approximate surface area is 92.4 Å². The van der Waals surface area contributed by atoms with E-state index in [-0.39, 0.29) is 0 Å². The molecular formula is C14H19N. The lowest BCUT2D eigenvalue weighted by atomic mass is 9.89. The van der Waals surface area contributed by atoms with Gasteiger partial charge in [0.2, 0.25) is 0 Å². The minimum Gasteiger partial charge on any atom is -0.302 e. The first kappa shape index (κ1) is 10.4. The van der Waals surface area contributed by atoms with Gasteiger partial charge < -0.3 is 4.90 Å². The van der Waals surface area contributed by atoms with E-state index >= 15 is 0 Å². The van der Waals surface area contributed by atoms with Gasteiger partial charge in [-0.3, -0.25) is 0 Å². The molecule has 1 unspecified atom stereocenters. The van der Waals surface area contributed by atoms with Gasteiger partial charge in [0.05, 0.1) is 0 Å². The van der Waals surface area contributed by atoms with Crippen molar-refractivity contribution in [2.24, 2.45) is 0 Å². The van der Waals surface area contributed by atoms with Gasteiger partial charge in [-0.05, 0) is 19.0 Å². The van der Waals surface area contributed by atoms with Gasteiger partial charge in [-0.1, -0.05) is 48.9 Å². The molecule has 1 aliphatic heterocycles. The molecule has 0 saturated carbocycles. The zero-order valence-electron chi connectivity index (χ0n) is 9.61. The molecule has 80 valence electrons. The van der Waals surface area contributed by atoms with E-state index in [1.807, 2.05) is 0 Å². The fourth-order valence-corrected chi connectivity index (χ4v) is 2.14. The van der Waals surface area contributed by atoms with Gasteiger partial charge in [-0.2, -0.15) is 0 Å². The standard InChI is InChI=1S/C14H19N/c1-12(13-6-4-3-5-7-13)14-8-10-15(2)11-9-14/h3-8,12H,9-11H2,1-2H3. The van der Waals surface area contributed by atoms with Crippen LogP contribution in [-0.2, 0) is 0 Å². The molecule has 0 saturated heterocycles. The normalized spacial score (nSPS) is 19.7. The third kappa shape index (κ3) is 2.48. The average molecular weight is 201 g/mol. The van der Waals surface area contributed by atoms with Crippen molar-refractivity contribution in [1.29, 1.82) is 0 Å². The predicted octanol–water partition coefficient (Wildman–Crippen LogP) is 3.05. The molecule has 1 heterocycles. The van der Waals surface area contributed by atoms with Crippen LogP contribution in [0.5, 0.6) is 0 Å². The molecule has 1 aliphatic rings. The number of rotatable bonds is 2. The molecule has 1 heteroatoms. The Hall–Kier alpha value is -1.08. The minimum absolute atomic E-state index is 0.583. The molecule has 0 aromatic heterocycles. The van der Waals surface area contributed by atoms with E-state index in [1.165, 1.54) is 18.5 Å². The topological polar surface area (TPSA) is 3.24 Å². The summed E-state index contributed by atoms with van der Waals surface area (Å²) < 4.78 is 0. The molecule has 0 amide bonds. The second-order valence-corrected chi connectivity index (χ2v) is 4.42. The van der Waals surface area contributed by atoms with Crippen LogP contribution in [0.3, 0.4) is 0 Å². The smallest absolute Gasteiger partial charge is 0.0163 e. The second-order valence-electron chi connectivity index (χ2n) is 4.42. The maximum atomic E-state index is 2.39. The van der Waals surface area contributed by atoms with Crippen molar-refractivity contribution in [3.8, 4) is 0 Å². The van der Waals surface area contributed by atoms with E-state index < -0.39 is 0 Å². The van der Waals surface area contributed by atoms with Crippen LogP contribution in [0.4, 0.5) is 0 Å². The molecule has 0 aliphatic carbocycles. The fourth-order valence-electron chi connectivity index (χ4n) is 2.14. The predicted molar refractivity (Wildman–Crippen MR) is 65.1 cm³/mol. The Kier molecular flexibility index (Phi) is 3.22. The molecule has 2 rings (SSSR count). The molecule has 0 fully saturated rings. The summed E-state index contributed by atoms with van der Waals surface area (Å²) >= 11 is 0. The zero-order chi connectivity index (χ0) is 10.7. The Bertz CT molecular complexity index is 340. The summed E-state index contributed by atoms with van der Waals surface area (Å²) in [5, 5.41) is 0. The van der Waals surface area contributed by atoms with Gasteiger partial charge in [0, 0.05) is 19.0 Å². The summed E-state index contributed by atoms with van der Waals surface area (Å²) in [7, 11) is 2.18. The molecule has 1 nitrogen and oxygen atoms in total. The van der Waals surface area contributed by atoms with Crippen molar-refractivity contribution in [1.82, 2.24) is 4.90 Å². The van der Waals surface area contributed by atoms with Gasteiger partial charge in [-0.15, -0.1) is 0 Å². The van der Waals surface area contributed by atoms with E-state index in [2.05, 4.69) is 55.3 Å². The Balaban J connectivity index is 2.12. The van der Waals surface area contributed by atoms with Gasteiger partial charge in [0.1, 0.15) is 0 Å². The van der Waals surface area contributed by atoms with E-state index in [4.69, 9.17) is 0 Å². The van der Waals surface area contributed by atoms with Crippen LogP contribution in [-0.4, -0.2) is 25.0 Å². The summed E-state index contributed by atoms with van der Waals surface area (Å²) in [6.07, 6.45) is 3.60. The molecule has 1 aromatic carbocycles. The SMILES string of the molecule is CC(C1=CCN(C)CC1)c1ccccc1. The van der Waals surface area contributed by atoms with Gasteiger partial charge in [0.15, 0.2) is 0 Å². The van der Waals surface area contributed by atoms with Crippen molar-refractivity contribution in [3.05, 3.63) is 47.5 Å². The summed E-state index contributed by atoms with van der Waals surface area (Å²) in [4.78, 5) is 2.36. The first-order valence-corrected chi connectivity index (χ1v) is 5.70. The summed E-state index contributed by atoms with van der Waals surface area (Å²) in [5.41, 5.74) is 3.03. The Morgan fingerprint density at radius 3 is 2.53 bits per heavy atom. The largest absolute Gasteiger partial charge is 0.302 e. The lowest BCUT2D eigenvalue weighted by molar-refractivity contribution is 0.354. The third-order valence-corrected chi connectivity index (χ3v) is 3.30. The third-order valence-electron chi connectivity index (χ3n) is 3.30.